The van der Waals surface area contributed by atoms with E-state index in [1.165, 1.54) is 25.3 Å². The van der Waals surface area contributed by atoms with Crippen molar-refractivity contribution in [1.82, 2.24) is 15.2 Å². The van der Waals surface area contributed by atoms with Crippen molar-refractivity contribution in [3.8, 4) is 5.75 Å². The van der Waals surface area contributed by atoms with Gasteiger partial charge in [-0.05, 0) is 54.5 Å². The monoisotopic (exact) mass is 830 g/mol. The van der Waals surface area contributed by atoms with Crippen LogP contribution in [0.5, 0.6) is 5.75 Å². The molecule has 1 heterocycles. The van der Waals surface area contributed by atoms with Gasteiger partial charge in [0.2, 0.25) is 11.8 Å². The van der Waals surface area contributed by atoms with Crippen molar-refractivity contribution in [3.63, 3.8) is 0 Å². The highest BCUT2D eigenvalue weighted by Gasteiger charge is 2.31. The van der Waals surface area contributed by atoms with Crippen LogP contribution in [0.3, 0.4) is 0 Å². The molecule has 0 radical (unpaired) electrons. The minimum Gasteiger partial charge on any atom is -0.481 e. The normalized spacial score (nSPS) is 14.3. The highest BCUT2D eigenvalue weighted by atomic mass is 32.1. The number of ether oxygens (including phenoxy) is 2. The zero-order valence-electron chi connectivity index (χ0n) is 32.4. The Morgan fingerprint density at radius 2 is 1.78 bits per heavy atom. The minimum absolute atomic E-state index is 0.0132. The van der Waals surface area contributed by atoms with Gasteiger partial charge >= 0.3 is 19.8 Å². The summed E-state index contributed by atoms with van der Waals surface area (Å²) in [6.45, 7) is 9.96. The molecule has 0 fully saturated rings. The van der Waals surface area contributed by atoms with Gasteiger partial charge in [0.1, 0.15) is 16.5 Å². The second kappa shape index (κ2) is 22.9. The Bertz CT molecular complexity index is 1650. The number of thiol groups is 1. The molecule has 55 heavy (non-hydrogen) atoms. The summed E-state index contributed by atoms with van der Waals surface area (Å²) in [5.74, 6) is -2.71. The molecule has 308 valence electrons. The summed E-state index contributed by atoms with van der Waals surface area (Å²) in [5.41, 5.74) is 0.759. The molecule has 5 N–H and O–H groups in total. The molecule has 0 saturated carbocycles. The van der Waals surface area contributed by atoms with Gasteiger partial charge in [0.15, 0.2) is 12.9 Å². The lowest BCUT2D eigenvalue weighted by molar-refractivity contribution is -0.148. The topological polar surface area (TPSA) is 231 Å². The average molecular weight is 831 g/mol. The molecule has 0 aliphatic carbocycles. The molecule has 2 aromatic rings. The number of carboxylic acids is 1. The number of aromatic nitrogens is 1. The summed E-state index contributed by atoms with van der Waals surface area (Å²) in [5, 5.41) is 17.2. The summed E-state index contributed by atoms with van der Waals surface area (Å²) in [6, 6.07) is 3.57. The van der Waals surface area contributed by atoms with Crippen molar-refractivity contribution in [2.45, 2.75) is 105 Å². The summed E-state index contributed by atoms with van der Waals surface area (Å²) < 4.78 is 26.6. The first-order chi connectivity index (χ1) is 25.7. The van der Waals surface area contributed by atoms with Crippen LogP contribution in [0.2, 0.25) is 0 Å². The van der Waals surface area contributed by atoms with Gasteiger partial charge in [0.05, 0.1) is 11.6 Å². The molecule has 0 aliphatic rings. The van der Waals surface area contributed by atoms with E-state index >= 15 is 0 Å². The van der Waals surface area contributed by atoms with Crippen LogP contribution in [0.4, 0.5) is 5.69 Å². The predicted octanol–water partition coefficient (Wildman–Crippen LogP) is 5.60. The number of hydrogen-bond acceptors (Lipinski definition) is 12. The van der Waals surface area contributed by atoms with Crippen LogP contribution in [0.15, 0.2) is 23.6 Å². The maximum Gasteiger partial charge on any atom is 0.472 e. The van der Waals surface area contributed by atoms with E-state index in [0.29, 0.717) is 29.2 Å². The van der Waals surface area contributed by atoms with Gasteiger partial charge < -0.3 is 39.9 Å². The Balaban J connectivity index is 2.37. The van der Waals surface area contributed by atoms with Gasteiger partial charge in [-0.15, -0.1) is 11.3 Å². The van der Waals surface area contributed by atoms with Crippen LogP contribution in [0.1, 0.15) is 107 Å². The first-order valence-electron chi connectivity index (χ1n) is 18.0. The lowest BCUT2D eigenvalue weighted by Crippen LogP contribution is -2.42. The number of aliphatic carboxylic acids is 1. The number of rotatable bonds is 24. The molecule has 0 spiro atoms. The summed E-state index contributed by atoms with van der Waals surface area (Å²) >= 11 is 5.25. The first kappa shape index (κ1) is 47.6. The van der Waals surface area contributed by atoms with Gasteiger partial charge in [-0.2, -0.15) is 12.6 Å². The SMILES string of the molecule is CC[C@H](C)CC(=O)N(C)[C@H](C[C@@H](OC(C)=O)c1nc(C(=O)N[C@@H](Cc2ccc(OCOP(=O)(O)O)c(NC(=O)CCCS)c2)CC(C)C(=O)O)cs1)C(C)C. The van der Waals surface area contributed by atoms with Gasteiger partial charge in [0.25, 0.3) is 5.91 Å². The number of anilines is 1. The van der Waals surface area contributed by atoms with Crippen LogP contribution in [0.25, 0.3) is 0 Å². The lowest BCUT2D eigenvalue weighted by atomic mass is 9.95. The van der Waals surface area contributed by atoms with Crippen molar-refractivity contribution < 1.29 is 57.4 Å². The third-order valence-electron chi connectivity index (χ3n) is 8.87. The predicted molar refractivity (Wildman–Crippen MR) is 210 cm³/mol. The van der Waals surface area contributed by atoms with Gasteiger partial charge in [-0.1, -0.05) is 47.1 Å². The Kier molecular flexibility index (Phi) is 19.8. The number of amides is 3. The van der Waals surface area contributed by atoms with Crippen molar-refractivity contribution in [1.29, 1.82) is 0 Å². The molecule has 1 aromatic carbocycles. The summed E-state index contributed by atoms with van der Waals surface area (Å²) in [6.07, 6.45) is 1.43. The second-order valence-electron chi connectivity index (χ2n) is 13.9. The number of esters is 1. The quantitative estimate of drug-likeness (QED) is 0.0328. The van der Waals surface area contributed by atoms with Crippen LogP contribution in [-0.4, -0.2) is 86.1 Å². The van der Waals surface area contributed by atoms with Crippen molar-refractivity contribution in [3.05, 3.63) is 39.8 Å². The molecule has 19 heteroatoms. The van der Waals surface area contributed by atoms with E-state index in [-0.39, 0.29) is 72.5 Å². The number of carbonyl (C=O) groups is 5. The van der Waals surface area contributed by atoms with Gasteiger partial charge in [0, 0.05) is 50.7 Å². The maximum atomic E-state index is 13.6. The van der Waals surface area contributed by atoms with E-state index in [2.05, 4.69) is 32.8 Å². The molecule has 1 aromatic heterocycles. The van der Waals surface area contributed by atoms with Crippen molar-refractivity contribution >= 4 is 67.1 Å². The lowest BCUT2D eigenvalue weighted by Gasteiger charge is -2.34. The number of phosphoric ester groups is 1. The van der Waals surface area contributed by atoms with Crippen LogP contribution >= 0.6 is 31.8 Å². The number of nitrogens with zero attached hydrogens (tertiary/aromatic N) is 2. The zero-order valence-corrected chi connectivity index (χ0v) is 35.0. The van der Waals surface area contributed by atoms with Gasteiger partial charge in [-0.25, -0.2) is 14.1 Å². The molecule has 0 aliphatic heterocycles. The van der Waals surface area contributed by atoms with Gasteiger partial charge in [-0.3, -0.25) is 24.0 Å². The molecule has 1 unspecified atom stereocenters. The molecule has 5 atom stereocenters. The molecular weight excluding hydrogens is 776 g/mol. The first-order valence-corrected chi connectivity index (χ1v) is 21.1. The smallest absolute Gasteiger partial charge is 0.472 e. The maximum absolute atomic E-state index is 13.6. The van der Waals surface area contributed by atoms with E-state index in [0.717, 1.165) is 17.8 Å². The Morgan fingerprint density at radius 1 is 1.09 bits per heavy atom. The number of carboxylic acid groups (broad SMARTS) is 1. The van der Waals surface area contributed by atoms with Crippen LogP contribution in [0, 0.1) is 17.8 Å². The number of benzene rings is 1. The third-order valence-corrected chi connectivity index (χ3v) is 10.6. The van der Waals surface area contributed by atoms with E-state index in [1.54, 1.807) is 24.1 Å². The van der Waals surface area contributed by atoms with Crippen LogP contribution in [-0.2, 0) is 39.4 Å². The number of carbonyl (C=O) groups excluding carboxylic acids is 4. The fraction of sp³-hybridized carbons (Fsp3) is 0.611. The molecule has 2 rings (SSSR count). The average Bonchev–Trinajstić information content (AvgIpc) is 3.59. The number of nitrogens with one attached hydrogen (secondary N) is 2. The fourth-order valence-electron chi connectivity index (χ4n) is 5.61. The Labute approximate surface area is 331 Å². The number of phosphoric acid groups is 1. The summed E-state index contributed by atoms with van der Waals surface area (Å²) in [7, 11) is -3.10. The largest absolute Gasteiger partial charge is 0.481 e. The van der Waals surface area contributed by atoms with Crippen LogP contribution < -0.4 is 15.4 Å². The minimum atomic E-state index is -4.83. The van der Waals surface area contributed by atoms with Crippen molar-refractivity contribution in [2.24, 2.45) is 17.8 Å². The number of thiazole rings is 1. The standard InChI is InChI=1S/C36H55N4O12PS2/c1-8-22(4)14-33(43)40(7)29(21(2)3)18-31(52-24(6)41)35-39-28(19-55-35)34(44)37-26(15-23(5)36(45)46)16-25-11-12-30(50-20-51-53(47,48)49)27(17-25)38-32(42)10-9-13-54/h11-12,17,19,21-23,26,29,31,54H,8-10,13-16,18,20H2,1-7H3,(H,37,44)(H,38,42)(H,45,46)(H2,47,48,49)/t22-,23?,26+,29+,31+/m0/s1. The van der Waals surface area contributed by atoms with E-state index < -0.39 is 50.5 Å². The summed E-state index contributed by atoms with van der Waals surface area (Å²) in [4.78, 5) is 87.6. The zero-order chi connectivity index (χ0) is 41.5. The fourth-order valence-corrected chi connectivity index (χ4v) is 6.80. The molecule has 16 nitrogen and oxygen atoms in total. The highest BCUT2D eigenvalue weighted by Crippen LogP contribution is 2.36. The van der Waals surface area contributed by atoms with E-state index in [9.17, 15) is 33.6 Å². The third kappa shape index (κ3) is 17.0. The Hall–Kier alpha value is -3.54. The Morgan fingerprint density at radius 3 is 2.36 bits per heavy atom. The van der Waals surface area contributed by atoms with E-state index in [1.807, 2.05) is 27.7 Å². The molecule has 3 amide bonds. The van der Waals surface area contributed by atoms with E-state index in [4.69, 9.17) is 19.3 Å². The molecule has 0 bridgehead atoms. The molecular formula is C36H55N4O12PS2. The second-order valence-corrected chi connectivity index (χ2v) is 16.5. The molecule has 0 saturated heterocycles. The van der Waals surface area contributed by atoms with Crippen molar-refractivity contribution in [2.75, 3.05) is 24.9 Å². The highest BCUT2D eigenvalue weighted by molar-refractivity contribution is 7.80. The number of hydrogen-bond donors (Lipinski definition) is 6.